The molecule has 0 radical (unpaired) electrons. The Morgan fingerprint density at radius 1 is 1.47 bits per heavy atom. The number of aromatic nitrogens is 2. The summed E-state index contributed by atoms with van der Waals surface area (Å²) in [5, 5.41) is 13.8. The van der Waals surface area contributed by atoms with Gasteiger partial charge in [-0.3, -0.25) is 14.7 Å². The van der Waals surface area contributed by atoms with Crippen LogP contribution in [0.15, 0.2) is 17.2 Å². The first-order valence-electron chi connectivity index (χ1n) is 6.05. The molecule has 1 heterocycles. The summed E-state index contributed by atoms with van der Waals surface area (Å²) in [5.41, 5.74) is -0.629. The van der Waals surface area contributed by atoms with E-state index in [4.69, 9.17) is 4.74 Å². The lowest BCUT2D eigenvalue weighted by molar-refractivity contribution is -0.385. The molecule has 0 aromatic carbocycles. The third-order valence-electron chi connectivity index (χ3n) is 2.54. The zero-order valence-corrected chi connectivity index (χ0v) is 10.9. The smallest absolute Gasteiger partial charge is 0.347 e. The molecule has 8 nitrogen and oxygen atoms in total. The SMILES string of the molecule is COCCNCCCCn1cc([N+](=O)[O-])cnc1=O. The number of rotatable bonds is 9. The Morgan fingerprint density at radius 2 is 2.26 bits per heavy atom. The largest absolute Gasteiger partial charge is 0.383 e. The van der Waals surface area contributed by atoms with Crippen molar-refractivity contribution < 1.29 is 9.66 Å². The van der Waals surface area contributed by atoms with E-state index >= 15 is 0 Å². The quantitative estimate of drug-likeness (QED) is 0.390. The van der Waals surface area contributed by atoms with Crippen LogP contribution >= 0.6 is 0 Å². The average molecular weight is 270 g/mol. The summed E-state index contributed by atoms with van der Waals surface area (Å²) in [5.74, 6) is 0. The normalized spacial score (nSPS) is 10.6. The van der Waals surface area contributed by atoms with Crippen LogP contribution in [0.25, 0.3) is 0 Å². The topological polar surface area (TPSA) is 99.3 Å². The van der Waals surface area contributed by atoms with Crippen LogP contribution in [0.4, 0.5) is 5.69 Å². The molecule has 0 bridgehead atoms. The molecule has 0 fully saturated rings. The van der Waals surface area contributed by atoms with Crippen LogP contribution in [-0.2, 0) is 11.3 Å². The van der Waals surface area contributed by atoms with Gasteiger partial charge in [0.05, 0.1) is 17.7 Å². The molecule has 0 aliphatic carbocycles. The first kappa shape index (κ1) is 15.3. The molecular weight excluding hydrogens is 252 g/mol. The van der Waals surface area contributed by atoms with Gasteiger partial charge in [0.1, 0.15) is 6.20 Å². The van der Waals surface area contributed by atoms with E-state index in [1.54, 1.807) is 7.11 Å². The van der Waals surface area contributed by atoms with Gasteiger partial charge in [-0.25, -0.2) is 4.79 Å². The summed E-state index contributed by atoms with van der Waals surface area (Å²) in [6, 6.07) is 0. The Labute approximate surface area is 110 Å². The maximum absolute atomic E-state index is 11.4. The number of nitrogens with one attached hydrogen (secondary N) is 1. The molecule has 19 heavy (non-hydrogen) atoms. The Morgan fingerprint density at radius 3 is 2.95 bits per heavy atom. The molecule has 8 heteroatoms. The molecule has 1 aromatic heterocycles. The predicted molar refractivity (Wildman–Crippen MR) is 69.1 cm³/mol. The number of hydrogen-bond donors (Lipinski definition) is 1. The fraction of sp³-hybridized carbons (Fsp3) is 0.636. The van der Waals surface area contributed by atoms with Gasteiger partial charge in [-0.1, -0.05) is 0 Å². The standard InChI is InChI=1S/C11H18N4O4/c1-19-7-5-12-4-2-3-6-14-9-10(15(17)18)8-13-11(14)16/h8-9,12H,2-7H2,1H3. The highest BCUT2D eigenvalue weighted by molar-refractivity contribution is 5.20. The molecule has 0 aliphatic heterocycles. The highest BCUT2D eigenvalue weighted by atomic mass is 16.6. The first-order chi connectivity index (χ1) is 9.15. The molecule has 0 saturated carbocycles. The fourth-order valence-electron chi connectivity index (χ4n) is 1.53. The van der Waals surface area contributed by atoms with Gasteiger partial charge in [0.25, 0.3) is 0 Å². The minimum Gasteiger partial charge on any atom is -0.383 e. The summed E-state index contributed by atoms with van der Waals surface area (Å²) < 4.78 is 6.16. The first-order valence-corrected chi connectivity index (χ1v) is 6.05. The molecule has 0 atom stereocenters. The fourth-order valence-corrected chi connectivity index (χ4v) is 1.53. The molecule has 0 aliphatic rings. The average Bonchev–Trinajstić information content (AvgIpc) is 2.39. The second-order valence-corrected chi connectivity index (χ2v) is 4.00. The number of nitro groups is 1. The van der Waals surface area contributed by atoms with Gasteiger partial charge in [-0.05, 0) is 19.4 Å². The Hall–Kier alpha value is -1.80. The van der Waals surface area contributed by atoms with Crippen molar-refractivity contribution in [2.45, 2.75) is 19.4 Å². The van der Waals surface area contributed by atoms with E-state index in [0.717, 1.165) is 32.1 Å². The van der Waals surface area contributed by atoms with Crippen molar-refractivity contribution in [2.24, 2.45) is 0 Å². The number of nitrogens with zero attached hydrogens (tertiary/aromatic N) is 3. The zero-order chi connectivity index (χ0) is 14.1. The lowest BCUT2D eigenvalue weighted by atomic mass is 10.3. The summed E-state index contributed by atoms with van der Waals surface area (Å²) in [6.07, 6.45) is 3.83. The monoisotopic (exact) mass is 270 g/mol. The predicted octanol–water partition coefficient (Wildman–Crippen LogP) is 0.168. The van der Waals surface area contributed by atoms with E-state index in [1.807, 2.05) is 0 Å². The van der Waals surface area contributed by atoms with Crippen LogP contribution in [-0.4, -0.2) is 41.3 Å². The molecular formula is C11H18N4O4. The lowest BCUT2D eigenvalue weighted by Crippen LogP contribution is -2.24. The maximum atomic E-state index is 11.4. The Kier molecular flexibility index (Phi) is 6.69. The molecule has 106 valence electrons. The van der Waals surface area contributed by atoms with Crippen molar-refractivity contribution >= 4 is 5.69 Å². The van der Waals surface area contributed by atoms with Crippen molar-refractivity contribution in [3.63, 3.8) is 0 Å². The van der Waals surface area contributed by atoms with E-state index in [1.165, 1.54) is 10.8 Å². The molecule has 0 spiro atoms. The van der Waals surface area contributed by atoms with Crippen LogP contribution in [0.1, 0.15) is 12.8 Å². The Balaban J connectivity index is 2.34. The van der Waals surface area contributed by atoms with Crippen LogP contribution in [0.2, 0.25) is 0 Å². The maximum Gasteiger partial charge on any atom is 0.347 e. The van der Waals surface area contributed by atoms with Gasteiger partial charge in [0.15, 0.2) is 0 Å². The second-order valence-electron chi connectivity index (χ2n) is 4.00. The van der Waals surface area contributed by atoms with Crippen LogP contribution in [0.5, 0.6) is 0 Å². The summed E-state index contributed by atoms with van der Waals surface area (Å²) in [6.45, 7) is 2.70. The summed E-state index contributed by atoms with van der Waals surface area (Å²) in [4.78, 5) is 24.9. The number of ether oxygens (including phenoxy) is 1. The van der Waals surface area contributed by atoms with Gasteiger partial charge in [0, 0.05) is 20.2 Å². The molecule has 0 saturated heterocycles. The molecule has 0 amide bonds. The lowest BCUT2D eigenvalue weighted by Gasteiger charge is -2.05. The van der Waals surface area contributed by atoms with Crippen LogP contribution < -0.4 is 11.0 Å². The number of hydrogen-bond acceptors (Lipinski definition) is 6. The number of aryl methyl sites for hydroxylation is 1. The summed E-state index contributed by atoms with van der Waals surface area (Å²) in [7, 11) is 1.64. The highest BCUT2D eigenvalue weighted by Gasteiger charge is 2.08. The summed E-state index contributed by atoms with van der Waals surface area (Å²) >= 11 is 0. The molecule has 1 aromatic rings. The van der Waals surface area contributed by atoms with Crippen molar-refractivity contribution in [2.75, 3.05) is 26.8 Å². The van der Waals surface area contributed by atoms with Gasteiger partial charge in [-0.2, -0.15) is 4.98 Å². The van der Waals surface area contributed by atoms with E-state index in [0.29, 0.717) is 13.2 Å². The van der Waals surface area contributed by atoms with Gasteiger partial charge in [0.2, 0.25) is 0 Å². The number of methoxy groups -OCH3 is 1. The third kappa shape index (κ3) is 5.58. The minimum atomic E-state index is -0.560. The van der Waals surface area contributed by atoms with Crippen molar-refractivity contribution in [3.8, 4) is 0 Å². The third-order valence-corrected chi connectivity index (χ3v) is 2.54. The van der Waals surface area contributed by atoms with Crippen LogP contribution in [0, 0.1) is 10.1 Å². The van der Waals surface area contributed by atoms with Crippen molar-refractivity contribution in [1.29, 1.82) is 0 Å². The molecule has 1 rings (SSSR count). The zero-order valence-electron chi connectivity index (χ0n) is 10.9. The van der Waals surface area contributed by atoms with Gasteiger partial charge >= 0.3 is 11.4 Å². The van der Waals surface area contributed by atoms with Gasteiger partial charge in [-0.15, -0.1) is 0 Å². The molecule has 1 N–H and O–H groups in total. The van der Waals surface area contributed by atoms with Crippen LogP contribution in [0.3, 0.4) is 0 Å². The minimum absolute atomic E-state index is 0.169. The Bertz CT molecular complexity index is 460. The van der Waals surface area contributed by atoms with Crippen molar-refractivity contribution in [3.05, 3.63) is 33.0 Å². The van der Waals surface area contributed by atoms with Gasteiger partial charge < -0.3 is 10.1 Å². The highest BCUT2D eigenvalue weighted by Crippen LogP contribution is 2.05. The van der Waals surface area contributed by atoms with E-state index < -0.39 is 10.6 Å². The van der Waals surface area contributed by atoms with Crippen molar-refractivity contribution in [1.82, 2.24) is 14.9 Å². The van der Waals surface area contributed by atoms with E-state index in [-0.39, 0.29) is 5.69 Å². The van der Waals surface area contributed by atoms with E-state index in [2.05, 4.69) is 10.3 Å². The number of unbranched alkanes of at least 4 members (excludes halogenated alkanes) is 1. The second kappa shape index (κ2) is 8.33. The molecule has 0 unspecified atom stereocenters. The van der Waals surface area contributed by atoms with E-state index in [9.17, 15) is 14.9 Å².